The van der Waals surface area contributed by atoms with E-state index in [0.717, 1.165) is 4.57 Å². The number of nitrogens with zero attached hydrogens (tertiary/aromatic N) is 4. The molecule has 1 aromatic heterocycles. The maximum atomic E-state index is 12.7. The van der Waals surface area contributed by atoms with Crippen molar-refractivity contribution in [2.75, 3.05) is 6.54 Å². The maximum Gasteiger partial charge on any atom is 0.451 e. The van der Waals surface area contributed by atoms with Crippen LogP contribution in [-0.4, -0.2) is 38.2 Å². The van der Waals surface area contributed by atoms with Gasteiger partial charge in [-0.1, -0.05) is 0 Å². The Labute approximate surface area is 113 Å². The average molecular weight is 291 g/mol. The zero-order valence-corrected chi connectivity index (χ0v) is 11.0. The lowest BCUT2D eigenvalue weighted by molar-refractivity contribution is -0.148. The summed E-state index contributed by atoms with van der Waals surface area (Å²) in [5, 5.41) is 6.69. The van der Waals surface area contributed by atoms with E-state index in [1.807, 2.05) is 0 Å². The Morgan fingerprint density at radius 3 is 2.70 bits per heavy atom. The first-order valence-corrected chi connectivity index (χ1v) is 6.31. The fraction of sp³-hybridized carbons (Fsp3) is 0.727. The minimum atomic E-state index is -4.52. The Bertz CT molecular complexity index is 497. The highest BCUT2D eigenvalue weighted by molar-refractivity contribution is 5.76. The van der Waals surface area contributed by atoms with Crippen LogP contribution >= 0.6 is 0 Å². The summed E-state index contributed by atoms with van der Waals surface area (Å²) < 4.78 is 39.0. The van der Waals surface area contributed by atoms with Crippen LogP contribution < -0.4 is 5.73 Å². The lowest BCUT2D eigenvalue weighted by atomic mass is 10.1. The van der Waals surface area contributed by atoms with Gasteiger partial charge in [-0.25, -0.2) is 0 Å². The summed E-state index contributed by atoms with van der Waals surface area (Å²) in [7, 11) is 0. The second-order valence-corrected chi connectivity index (χ2v) is 4.92. The quantitative estimate of drug-likeness (QED) is 0.892. The van der Waals surface area contributed by atoms with Crippen LogP contribution in [-0.2, 0) is 24.1 Å². The Hall–Kier alpha value is -1.64. The van der Waals surface area contributed by atoms with Crippen LogP contribution in [0.4, 0.5) is 13.2 Å². The molecule has 9 heteroatoms. The lowest BCUT2D eigenvalue weighted by Crippen LogP contribution is -2.39. The number of carbonyl (C=O) groups is 1. The predicted octanol–water partition coefficient (Wildman–Crippen LogP) is 0.766. The first-order chi connectivity index (χ1) is 9.29. The Morgan fingerprint density at radius 1 is 1.40 bits per heavy atom. The van der Waals surface area contributed by atoms with Crippen LogP contribution in [0.25, 0.3) is 0 Å². The molecule has 1 aliphatic rings. The van der Waals surface area contributed by atoms with E-state index in [2.05, 4.69) is 10.2 Å². The standard InChI is InChI=1S/C11H16F3N5O/c1-7(15)2-3-9(20)18-4-5-19-8(6-18)16-17-10(19)11(12,13)14/h7H,2-6,15H2,1H3. The molecule has 2 heterocycles. The number of hydrogen-bond acceptors (Lipinski definition) is 4. The number of rotatable bonds is 3. The zero-order chi connectivity index (χ0) is 14.9. The third-order valence-corrected chi connectivity index (χ3v) is 3.17. The Morgan fingerprint density at radius 2 is 2.10 bits per heavy atom. The molecule has 0 bridgehead atoms. The summed E-state index contributed by atoms with van der Waals surface area (Å²) in [6.45, 7) is 2.14. The van der Waals surface area contributed by atoms with E-state index in [4.69, 9.17) is 5.73 Å². The number of amides is 1. The summed E-state index contributed by atoms with van der Waals surface area (Å²) in [5.41, 5.74) is 5.58. The van der Waals surface area contributed by atoms with E-state index in [1.54, 1.807) is 6.92 Å². The van der Waals surface area contributed by atoms with Gasteiger partial charge in [0.25, 0.3) is 0 Å². The molecule has 0 saturated heterocycles. The molecule has 1 unspecified atom stereocenters. The Balaban J connectivity index is 2.05. The van der Waals surface area contributed by atoms with Crippen molar-refractivity contribution in [2.45, 2.75) is 45.1 Å². The normalized spacial score (nSPS) is 16.9. The molecule has 2 rings (SSSR count). The van der Waals surface area contributed by atoms with E-state index in [9.17, 15) is 18.0 Å². The van der Waals surface area contributed by atoms with Crippen LogP contribution in [0.2, 0.25) is 0 Å². The van der Waals surface area contributed by atoms with Crippen molar-refractivity contribution in [3.8, 4) is 0 Å². The molecule has 112 valence electrons. The van der Waals surface area contributed by atoms with E-state index in [-0.39, 0.29) is 43.8 Å². The summed E-state index contributed by atoms with van der Waals surface area (Å²) in [4.78, 5) is 13.4. The van der Waals surface area contributed by atoms with E-state index >= 15 is 0 Å². The monoisotopic (exact) mass is 291 g/mol. The molecule has 2 N–H and O–H groups in total. The summed E-state index contributed by atoms with van der Waals surface area (Å²) >= 11 is 0. The van der Waals surface area contributed by atoms with Crippen molar-refractivity contribution in [3.05, 3.63) is 11.6 Å². The van der Waals surface area contributed by atoms with Crippen LogP contribution in [0.5, 0.6) is 0 Å². The van der Waals surface area contributed by atoms with Crippen molar-refractivity contribution < 1.29 is 18.0 Å². The maximum absolute atomic E-state index is 12.7. The first-order valence-electron chi connectivity index (χ1n) is 6.31. The molecule has 6 nitrogen and oxygen atoms in total. The zero-order valence-electron chi connectivity index (χ0n) is 11.0. The summed E-state index contributed by atoms with van der Waals surface area (Å²) in [5.74, 6) is -0.960. The Kier molecular flexibility index (Phi) is 3.98. The van der Waals surface area contributed by atoms with Crippen molar-refractivity contribution in [3.63, 3.8) is 0 Å². The molecule has 0 fully saturated rings. The van der Waals surface area contributed by atoms with Gasteiger partial charge in [0, 0.05) is 25.6 Å². The van der Waals surface area contributed by atoms with Crippen LogP contribution in [0.15, 0.2) is 0 Å². The van der Waals surface area contributed by atoms with Gasteiger partial charge in [-0.2, -0.15) is 13.2 Å². The van der Waals surface area contributed by atoms with E-state index in [1.165, 1.54) is 4.90 Å². The number of hydrogen-bond donors (Lipinski definition) is 1. The van der Waals surface area contributed by atoms with Crippen molar-refractivity contribution in [1.82, 2.24) is 19.7 Å². The minimum Gasteiger partial charge on any atom is -0.333 e. The minimum absolute atomic E-state index is 0.0564. The van der Waals surface area contributed by atoms with E-state index < -0.39 is 12.0 Å². The second-order valence-electron chi connectivity index (χ2n) is 4.92. The second kappa shape index (κ2) is 5.39. The van der Waals surface area contributed by atoms with Gasteiger partial charge in [0.05, 0.1) is 6.54 Å². The van der Waals surface area contributed by atoms with Crippen molar-refractivity contribution >= 4 is 5.91 Å². The highest BCUT2D eigenvalue weighted by Gasteiger charge is 2.39. The summed E-state index contributed by atoms with van der Waals surface area (Å²) in [6, 6.07) is -0.0794. The molecule has 1 atom stereocenters. The van der Waals surface area contributed by atoms with Gasteiger partial charge in [-0.05, 0) is 13.3 Å². The van der Waals surface area contributed by atoms with Gasteiger partial charge < -0.3 is 15.2 Å². The fourth-order valence-corrected chi connectivity index (χ4v) is 2.09. The highest BCUT2D eigenvalue weighted by atomic mass is 19.4. The molecule has 20 heavy (non-hydrogen) atoms. The van der Waals surface area contributed by atoms with E-state index in [0.29, 0.717) is 6.42 Å². The molecular weight excluding hydrogens is 275 g/mol. The number of halogens is 3. The predicted molar refractivity (Wildman–Crippen MR) is 63.3 cm³/mol. The fourth-order valence-electron chi connectivity index (χ4n) is 2.09. The molecule has 0 saturated carbocycles. The molecule has 1 aliphatic heterocycles. The molecule has 0 aromatic carbocycles. The number of carbonyl (C=O) groups excluding carboxylic acids is 1. The first kappa shape index (κ1) is 14.8. The van der Waals surface area contributed by atoms with Gasteiger partial charge in [-0.3, -0.25) is 4.79 Å². The van der Waals surface area contributed by atoms with Gasteiger partial charge in [0.1, 0.15) is 0 Å². The SMILES string of the molecule is CC(N)CCC(=O)N1CCn2c(nnc2C(F)(F)F)C1. The third-order valence-electron chi connectivity index (χ3n) is 3.17. The van der Waals surface area contributed by atoms with Crippen molar-refractivity contribution in [1.29, 1.82) is 0 Å². The molecule has 1 aromatic rings. The number of aromatic nitrogens is 3. The molecule has 1 amide bonds. The number of nitrogens with two attached hydrogens (primary N) is 1. The number of alkyl halides is 3. The molecule has 0 radical (unpaired) electrons. The van der Waals surface area contributed by atoms with Gasteiger partial charge in [0.15, 0.2) is 5.82 Å². The lowest BCUT2D eigenvalue weighted by Gasteiger charge is -2.28. The molecule has 0 aliphatic carbocycles. The topological polar surface area (TPSA) is 77.0 Å². The van der Waals surface area contributed by atoms with Gasteiger partial charge in [0.2, 0.25) is 11.7 Å². The van der Waals surface area contributed by atoms with Crippen LogP contribution in [0, 0.1) is 0 Å². The third kappa shape index (κ3) is 3.09. The summed E-state index contributed by atoms with van der Waals surface area (Å²) in [6.07, 6.45) is -3.68. The van der Waals surface area contributed by atoms with Crippen LogP contribution in [0.3, 0.4) is 0 Å². The average Bonchev–Trinajstić information content (AvgIpc) is 2.78. The van der Waals surface area contributed by atoms with Crippen molar-refractivity contribution in [2.24, 2.45) is 5.73 Å². The van der Waals surface area contributed by atoms with Gasteiger partial charge >= 0.3 is 6.18 Å². The highest BCUT2D eigenvalue weighted by Crippen LogP contribution is 2.29. The largest absolute Gasteiger partial charge is 0.451 e. The molecular formula is C11H16F3N5O. The van der Waals surface area contributed by atoms with Gasteiger partial charge in [-0.15, -0.1) is 10.2 Å². The van der Waals surface area contributed by atoms with Crippen LogP contribution in [0.1, 0.15) is 31.4 Å². The molecule has 0 spiro atoms. The number of fused-ring (bicyclic) bond motifs is 1. The smallest absolute Gasteiger partial charge is 0.333 e.